The minimum atomic E-state index is -0.402. The molecule has 1 unspecified atom stereocenters. The van der Waals surface area contributed by atoms with Crippen molar-refractivity contribution in [2.75, 3.05) is 5.75 Å². The molecule has 1 amide bonds. The van der Waals surface area contributed by atoms with E-state index in [-0.39, 0.29) is 6.04 Å². The highest BCUT2D eigenvalue weighted by Crippen LogP contribution is 2.00. The quantitative estimate of drug-likeness (QED) is 0.771. The second kappa shape index (κ2) is 6.35. The average Bonchev–Trinajstić information content (AvgIpc) is 2.27. The van der Waals surface area contributed by atoms with E-state index >= 15 is 0 Å². The molecule has 1 atom stereocenters. The lowest BCUT2D eigenvalue weighted by Crippen LogP contribution is -2.34. The van der Waals surface area contributed by atoms with Gasteiger partial charge in [0.25, 0.3) is 0 Å². The Labute approximate surface area is 95.2 Å². The van der Waals surface area contributed by atoms with E-state index in [0.717, 1.165) is 5.56 Å². The highest BCUT2D eigenvalue weighted by Gasteiger charge is 2.05. The minimum Gasteiger partial charge on any atom is -0.445 e. The van der Waals surface area contributed by atoms with Crippen molar-refractivity contribution in [3.05, 3.63) is 35.9 Å². The number of ether oxygens (including phenoxy) is 1. The van der Waals surface area contributed by atoms with Gasteiger partial charge in [0, 0.05) is 11.8 Å². The van der Waals surface area contributed by atoms with Gasteiger partial charge in [-0.1, -0.05) is 30.3 Å². The van der Waals surface area contributed by atoms with Crippen LogP contribution < -0.4 is 5.32 Å². The third-order valence-electron chi connectivity index (χ3n) is 1.85. The molecular weight excluding hydrogens is 210 g/mol. The van der Waals surface area contributed by atoms with Crippen LogP contribution in [-0.2, 0) is 11.3 Å². The molecule has 4 heteroatoms. The molecule has 1 rings (SSSR count). The van der Waals surface area contributed by atoms with E-state index in [2.05, 4.69) is 17.9 Å². The zero-order valence-corrected chi connectivity index (χ0v) is 9.54. The molecule has 0 saturated carbocycles. The first kappa shape index (κ1) is 11.9. The molecule has 0 radical (unpaired) electrons. The van der Waals surface area contributed by atoms with E-state index in [1.807, 2.05) is 37.3 Å². The molecule has 0 aliphatic heterocycles. The van der Waals surface area contributed by atoms with E-state index in [9.17, 15) is 4.79 Å². The van der Waals surface area contributed by atoms with Gasteiger partial charge in [0.2, 0.25) is 0 Å². The number of carbonyl (C=O) groups is 1. The van der Waals surface area contributed by atoms with Gasteiger partial charge in [0.15, 0.2) is 0 Å². The van der Waals surface area contributed by atoms with Crippen LogP contribution in [0.3, 0.4) is 0 Å². The van der Waals surface area contributed by atoms with Crippen LogP contribution in [0.4, 0.5) is 4.79 Å². The van der Waals surface area contributed by atoms with Crippen LogP contribution in [0.25, 0.3) is 0 Å². The van der Waals surface area contributed by atoms with Crippen LogP contribution in [0.1, 0.15) is 12.5 Å². The number of hydrogen-bond acceptors (Lipinski definition) is 3. The maximum atomic E-state index is 11.2. The lowest BCUT2D eigenvalue weighted by molar-refractivity contribution is 0.137. The summed E-state index contributed by atoms with van der Waals surface area (Å²) in [6.07, 6.45) is -0.402. The van der Waals surface area contributed by atoms with Gasteiger partial charge in [-0.3, -0.25) is 0 Å². The van der Waals surface area contributed by atoms with Crippen LogP contribution in [0.2, 0.25) is 0 Å². The number of carbonyl (C=O) groups excluding carboxylic acids is 1. The molecular formula is C11H15NO2S. The standard InChI is InChI=1S/C11H15NO2S/c1-9(8-15)12-11(13)14-7-10-5-3-2-4-6-10/h2-6,9,15H,7-8H2,1H3,(H,12,13). The second-order valence-corrected chi connectivity index (χ2v) is 3.65. The van der Waals surface area contributed by atoms with Crippen molar-refractivity contribution >= 4 is 18.7 Å². The predicted molar refractivity (Wildman–Crippen MR) is 63.1 cm³/mol. The Balaban J connectivity index is 2.29. The van der Waals surface area contributed by atoms with Crippen LogP contribution in [0.5, 0.6) is 0 Å². The Morgan fingerprint density at radius 1 is 1.47 bits per heavy atom. The first-order valence-electron chi connectivity index (χ1n) is 4.80. The zero-order valence-electron chi connectivity index (χ0n) is 8.64. The highest BCUT2D eigenvalue weighted by molar-refractivity contribution is 7.80. The fourth-order valence-corrected chi connectivity index (χ4v) is 1.10. The summed E-state index contributed by atoms with van der Waals surface area (Å²) in [6.45, 7) is 2.17. The third-order valence-corrected chi connectivity index (χ3v) is 2.40. The molecule has 15 heavy (non-hydrogen) atoms. The molecule has 82 valence electrons. The molecule has 0 aliphatic carbocycles. The van der Waals surface area contributed by atoms with E-state index < -0.39 is 6.09 Å². The number of alkyl carbamates (subject to hydrolysis) is 1. The number of benzene rings is 1. The van der Waals surface area contributed by atoms with Crippen molar-refractivity contribution in [2.24, 2.45) is 0 Å². The fraction of sp³-hybridized carbons (Fsp3) is 0.364. The van der Waals surface area contributed by atoms with Crippen molar-refractivity contribution in [2.45, 2.75) is 19.6 Å². The van der Waals surface area contributed by atoms with Crippen LogP contribution in [-0.4, -0.2) is 17.9 Å². The van der Waals surface area contributed by atoms with Gasteiger partial charge in [-0.15, -0.1) is 0 Å². The van der Waals surface area contributed by atoms with Crippen molar-refractivity contribution in [1.29, 1.82) is 0 Å². The minimum absolute atomic E-state index is 0.0246. The normalized spacial score (nSPS) is 11.9. The Hall–Kier alpha value is -1.16. The van der Waals surface area contributed by atoms with E-state index in [0.29, 0.717) is 12.4 Å². The lowest BCUT2D eigenvalue weighted by Gasteiger charge is -2.11. The van der Waals surface area contributed by atoms with Gasteiger partial charge >= 0.3 is 6.09 Å². The molecule has 1 aromatic rings. The number of nitrogens with one attached hydrogen (secondary N) is 1. The first-order valence-corrected chi connectivity index (χ1v) is 5.43. The van der Waals surface area contributed by atoms with Crippen LogP contribution in [0, 0.1) is 0 Å². The molecule has 0 aromatic heterocycles. The summed E-state index contributed by atoms with van der Waals surface area (Å²) in [5, 5.41) is 2.66. The zero-order chi connectivity index (χ0) is 11.1. The van der Waals surface area contributed by atoms with Gasteiger partial charge in [0.05, 0.1) is 0 Å². The van der Waals surface area contributed by atoms with Gasteiger partial charge in [-0.05, 0) is 12.5 Å². The molecule has 1 aromatic carbocycles. The highest BCUT2D eigenvalue weighted by atomic mass is 32.1. The Kier molecular flexibility index (Phi) is 5.04. The maximum absolute atomic E-state index is 11.2. The van der Waals surface area contributed by atoms with Gasteiger partial charge < -0.3 is 10.1 Å². The van der Waals surface area contributed by atoms with Crippen molar-refractivity contribution in [1.82, 2.24) is 5.32 Å². The first-order chi connectivity index (χ1) is 7.22. The van der Waals surface area contributed by atoms with Crippen molar-refractivity contribution < 1.29 is 9.53 Å². The summed E-state index contributed by atoms with van der Waals surface area (Å²) in [7, 11) is 0. The third kappa shape index (κ3) is 4.74. The molecule has 0 aliphatic rings. The summed E-state index contributed by atoms with van der Waals surface area (Å²) in [4.78, 5) is 11.2. The summed E-state index contributed by atoms with van der Waals surface area (Å²) < 4.78 is 5.02. The fourth-order valence-electron chi connectivity index (χ4n) is 1.01. The van der Waals surface area contributed by atoms with Crippen LogP contribution in [0.15, 0.2) is 30.3 Å². The topological polar surface area (TPSA) is 38.3 Å². The Bertz CT molecular complexity index is 303. The number of amides is 1. The van der Waals surface area contributed by atoms with E-state index in [1.165, 1.54) is 0 Å². The van der Waals surface area contributed by atoms with Crippen LogP contribution >= 0.6 is 12.6 Å². The van der Waals surface area contributed by atoms with Crippen molar-refractivity contribution in [3.63, 3.8) is 0 Å². The molecule has 0 saturated heterocycles. The van der Waals surface area contributed by atoms with E-state index in [1.54, 1.807) is 0 Å². The average molecular weight is 225 g/mol. The summed E-state index contributed by atoms with van der Waals surface area (Å²) in [6, 6.07) is 9.59. The SMILES string of the molecule is CC(CS)NC(=O)OCc1ccccc1. The summed E-state index contributed by atoms with van der Waals surface area (Å²) in [5.74, 6) is 0.598. The monoisotopic (exact) mass is 225 g/mol. The number of hydrogen-bond donors (Lipinski definition) is 2. The Morgan fingerprint density at radius 3 is 2.73 bits per heavy atom. The lowest BCUT2D eigenvalue weighted by atomic mass is 10.2. The molecule has 3 nitrogen and oxygen atoms in total. The van der Waals surface area contributed by atoms with Crippen molar-refractivity contribution in [3.8, 4) is 0 Å². The largest absolute Gasteiger partial charge is 0.445 e. The summed E-state index contributed by atoms with van der Waals surface area (Å²) >= 11 is 4.06. The summed E-state index contributed by atoms with van der Waals surface area (Å²) in [5.41, 5.74) is 0.978. The maximum Gasteiger partial charge on any atom is 0.407 e. The molecule has 0 spiro atoms. The number of thiol groups is 1. The molecule has 0 heterocycles. The Morgan fingerprint density at radius 2 is 2.13 bits per heavy atom. The van der Waals surface area contributed by atoms with E-state index in [4.69, 9.17) is 4.74 Å². The predicted octanol–water partition coefficient (Wildman–Crippen LogP) is 2.23. The second-order valence-electron chi connectivity index (χ2n) is 3.29. The number of rotatable bonds is 4. The molecule has 0 bridgehead atoms. The van der Waals surface area contributed by atoms with Gasteiger partial charge in [-0.25, -0.2) is 4.79 Å². The molecule has 0 fully saturated rings. The molecule has 1 N–H and O–H groups in total. The smallest absolute Gasteiger partial charge is 0.407 e. The van der Waals surface area contributed by atoms with Gasteiger partial charge in [0.1, 0.15) is 6.61 Å². The van der Waals surface area contributed by atoms with Gasteiger partial charge in [-0.2, -0.15) is 12.6 Å².